The van der Waals surface area contributed by atoms with E-state index in [0.717, 1.165) is 31.9 Å². The molecule has 1 amide bonds. The van der Waals surface area contributed by atoms with Crippen LogP contribution in [0.15, 0.2) is 24.3 Å². The third-order valence-electron chi connectivity index (χ3n) is 3.46. The Hall–Kier alpha value is -1.86. The van der Waals surface area contributed by atoms with Gasteiger partial charge in [-0.2, -0.15) is 0 Å². The van der Waals surface area contributed by atoms with Crippen molar-refractivity contribution in [1.29, 1.82) is 0 Å². The summed E-state index contributed by atoms with van der Waals surface area (Å²) in [5, 5.41) is 3.45. The Morgan fingerprint density at radius 1 is 1.13 bits per heavy atom. The van der Waals surface area contributed by atoms with E-state index in [-0.39, 0.29) is 5.91 Å². The van der Waals surface area contributed by atoms with Gasteiger partial charge in [-0.05, 0) is 50.3 Å². The van der Waals surface area contributed by atoms with Crippen LogP contribution in [0.5, 0.6) is 0 Å². The zero-order valence-electron chi connectivity index (χ0n) is 14.4. The molecule has 0 saturated carbocycles. The van der Waals surface area contributed by atoms with Crippen LogP contribution in [-0.2, 0) is 0 Å². The minimum atomic E-state index is -0.210. The fourth-order valence-corrected chi connectivity index (χ4v) is 2.22. The number of hydrazine groups is 1. The lowest BCUT2D eigenvalue weighted by atomic mass is 10.2. The van der Waals surface area contributed by atoms with E-state index < -0.39 is 0 Å². The van der Waals surface area contributed by atoms with Gasteiger partial charge in [-0.1, -0.05) is 0 Å². The fraction of sp³-hybridized carbons (Fsp3) is 0.500. The number of benzene rings is 1. The second kappa shape index (κ2) is 10.0. The summed E-state index contributed by atoms with van der Waals surface area (Å²) in [6.45, 7) is 7.81. The summed E-state index contributed by atoms with van der Waals surface area (Å²) in [5.41, 5.74) is 7.02. The first-order chi connectivity index (χ1) is 11.0. The number of anilines is 1. The van der Waals surface area contributed by atoms with Crippen LogP contribution in [0, 0.1) is 0 Å². The summed E-state index contributed by atoms with van der Waals surface area (Å²) in [7, 11) is 4.14. The molecule has 0 radical (unpaired) electrons. The summed E-state index contributed by atoms with van der Waals surface area (Å²) in [5.74, 6) is -0.210. The first kappa shape index (κ1) is 19.2. The van der Waals surface area contributed by atoms with Gasteiger partial charge < -0.3 is 15.1 Å². The lowest BCUT2D eigenvalue weighted by Gasteiger charge is -2.21. The Balaban J connectivity index is 2.44. The number of hydrogen-bond donors (Lipinski definition) is 4. The minimum Gasteiger partial charge on any atom is -0.372 e. The SMILES string of the molecule is CCN(CC)c1ccc(C(=O)NNC(=S)NCC[NH+](C)C)cc1. The zero-order valence-corrected chi connectivity index (χ0v) is 15.2. The third-order valence-corrected chi connectivity index (χ3v) is 3.70. The van der Waals surface area contributed by atoms with Gasteiger partial charge in [-0.15, -0.1) is 0 Å². The molecule has 0 aliphatic carbocycles. The van der Waals surface area contributed by atoms with Crippen molar-refractivity contribution in [3.8, 4) is 0 Å². The molecule has 1 rings (SSSR count). The molecule has 6 nitrogen and oxygen atoms in total. The van der Waals surface area contributed by atoms with Gasteiger partial charge in [-0.3, -0.25) is 15.6 Å². The van der Waals surface area contributed by atoms with Crippen molar-refractivity contribution in [2.24, 2.45) is 0 Å². The van der Waals surface area contributed by atoms with Crippen LogP contribution in [0.25, 0.3) is 0 Å². The van der Waals surface area contributed by atoms with E-state index in [1.165, 1.54) is 4.90 Å². The topological polar surface area (TPSA) is 60.8 Å². The quantitative estimate of drug-likeness (QED) is 0.409. The van der Waals surface area contributed by atoms with Crippen molar-refractivity contribution in [3.05, 3.63) is 29.8 Å². The van der Waals surface area contributed by atoms with Gasteiger partial charge in [0.05, 0.1) is 27.2 Å². The number of thiocarbonyl (C=S) groups is 1. The molecule has 0 aliphatic rings. The van der Waals surface area contributed by atoms with Gasteiger partial charge in [0.15, 0.2) is 5.11 Å². The predicted octanol–water partition coefficient (Wildman–Crippen LogP) is -0.214. The number of carbonyl (C=O) groups excluding carboxylic acids is 1. The van der Waals surface area contributed by atoms with Crippen LogP contribution in [0.4, 0.5) is 5.69 Å². The standard InChI is InChI=1S/C16H27N5OS/c1-5-21(6-2)14-9-7-13(8-10-14)15(22)18-19-16(23)17-11-12-20(3)4/h7-10H,5-6,11-12H2,1-4H3,(H,18,22)(H2,17,19,23)/p+1. The van der Waals surface area contributed by atoms with Gasteiger partial charge in [0.1, 0.15) is 0 Å². The molecule has 0 unspecified atom stereocenters. The van der Waals surface area contributed by atoms with Gasteiger partial charge in [0.2, 0.25) is 0 Å². The Bertz CT molecular complexity index is 500. The van der Waals surface area contributed by atoms with E-state index in [9.17, 15) is 4.79 Å². The maximum Gasteiger partial charge on any atom is 0.269 e. The predicted molar refractivity (Wildman–Crippen MR) is 98.9 cm³/mol. The molecule has 1 aromatic rings. The summed E-state index contributed by atoms with van der Waals surface area (Å²) < 4.78 is 0. The van der Waals surface area contributed by atoms with Crippen LogP contribution in [-0.4, -0.2) is 51.3 Å². The molecule has 0 aliphatic heterocycles. The van der Waals surface area contributed by atoms with Crippen molar-refractivity contribution < 1.29 is 9.69 Å². The van der Waals surface area contributed by atoms with Crippen molar-refractivity contribution >= 4 is 28.9 Å². The van der Waals surface area contributed by atoms with Crippen LogP contribution in [0.1, 0.15) is 24.2 Å². The van der Waals surface area contributed by atoms with E-state index in [0.29, 0.717) is 10.7 Å². The molecule has 0 spiro atoms. The molecule has 0 aromatic heterocycles. The fourth-order valence-electron chi connectivity index (χ4n) is 2.07. The second-order valence-corrected chi connectivity index (χ2v) is 5.92. The average molecular weight is 339 g/mol. The number of amides is 1. The minimum absolute atomic E-state index is 0.210. The first-order valence-corrected chi connectivity index (χ1v) is 8.37. The molecule has 0 atom stereocenters. The van der Waals surface area contributed by atoms with Crippen LogP contribution >= 0.6 is 12.2 Å². The Morgan fingerprint density at radius 3 is 2.26 bits per heavy atom. The molecular weight excluding hydrogens is 310 g/mol. The van der Waals surface area contributed by atoms with E-state index in [1.807, 2.05) is 24.3 Å². The molecular formula is C16H28N5OS+. The molecule has 23 heavy (non-hydrogen) atoms. The lowest BCUT2D eigenvalue weighted by molar-refractivity contribution is -0.856. The molecule has 1 aromatic carbocycles. The van der Waals surface area contributed by atoms with Crippen molar-refractivity contribution in [1.82, 2.24) is 16.2 Å². The van der Waals surface area contributed by atoms with Crippen LogP contribution < -0.4 is 26.0 Å². The maximum absolute atomic E-state index is 12.1. The largest absolute Gasteiger partial charge is 0.372 e. The smallest absolute Gasteiger partial charge is 0.269 e. The van der Waals surface area contributed by atoms with Crippen molar-refractivity contribution in [2.75, 3.05) is 45.2 Å². The summed E-state index contributed by atoms with van der Waals surface area (Å²) in [6, 6.07) is 7.55. The summed E-state index contributed by atoms with van der Waals surface area (Å²) >= 11 is 5.11. The summed E-state index contributed by atoms with van der Waals surface area (Å²) in [4.78, 5) is 15.6. The second-order valence-electron chi connectivity index (χ2n) is 5.51. The highest BCUT2D eigenvalue weighted by atomic mass is 32.1. The Labute approximate surface area is 144 Å². The molecule has 128 valence electrons. The molecule has 0 fully saturated rings. The van der Waals surface area contributed by atoms with Crippen molar-refractivity contribution in [2.45, 2.75) is 13.8 Å². The number of rotatable bonds is 7. The van der Waals surface area contributed by atoms with Gasteiger partial charge >= 0.3 is 0 Å². The molecule has 7 heteroatoms. The Kier molecular flexibility index (Phi) is 8.36. The number of nitrogens with zero attached hydrogens (tertiary/aromatic N) is 1. The maximum atomic E-state index is 12.1. The lowest BCUT2D eigenvalue weighted by Crippen LogP contribution is -3.06. The number of hydrogen-bond acceptors (Lipinski definition) is 3. The van der Waals surface area contributed by atoms with E-state index >= 15 is 0 Å². The Morgan fingerprint density at radius 2 is 1.74 bits per heavy atom. The van der Waals surface area contributed by atoms with E-state index in [4.69, 9.17) is 12.2 Å². The highest BCUT2D eigenvalue weighted by Crippen LogP contribution is 2.14. The number of likely N-dealkylation sites (N-methyl/N-ethyl adjacent to an activating group) is 1. The van der Waals surface area contributed by atoms with E-state index in [1.54, 1.807) is 0 Å². The monoisotopic (exact) mass is 338 g/mol. The normalized spacial score (nSPS) is 10.3. The highest BCUT2D eigenvalue weighted by Gasteiger charge is 2.07. The molecule has 0 heterocycles. The van der Waals surface area contributed by atoms with Gasteiger partial charge in [-0.25, -0.2) is 0 Å². The summed E-state index contributed by atoms with van der Waals surface area (Å²) in [6.07, 6.45) is 0. The average Bonchev–Trinajstić information content (AvgIpc) is 2.54. The highest BCUT2D eigenvalue weighted by molar-refractivity contribution is 7.80. The van der Waals surface area contributed by atoms with Crippen LogP contribution in [0.3, 0.4) is 0 Å². The van der Waals surface area contributed by atoms with Gasteiger partial charge in [0.25, 0.3) is 5.91 Å². The number of carbonyl (C=O) groups is 1. The van der Waals surface area contributed by atoms with Gasteiger partial charge in [0, 0.05) is 24.3 Å². The number of nitrogens with one attached hydrogen (secondary N) is 4. The molecule has 0 bridgehead atoms. The molecule has 0 saturated heterocycles. The van der Waals surface area contributed by atoms with Crippen molar-refractivity contribution in [3.63, 3.8) is 0 Å². The van der Waals surface area contributed by atoms with Crippen LogP contribution in [0.2, 0.25) is 0 Å². The molecule has 4 N–H and O–H groups in total. The first-order valence-electron chi connectivity index (χ1n) is 7.96. The van der Waals surface area contributed by atoms with E-state index in [2.05, 4.69) is 49.0 Å². The third kappa shape index (κ3) is 6.83. The zero-order chi connectivity index (χ0) is 17.2. The number of quaternary nitrogens is 1.